The van der Waals surface area contributed by atoms with E-state index < -0.39 is 8.32 Å². The lowest BCUT2D eigenvalue weighted by Gasteiger charge is -2.30. The van der Waals surface area contributed by atoms with Crippen molar-refractivity contribution in [3.8, 4) is 0 Å². The fourth-order valence-corrected chi connectivity index (χ4v) is 12.1. The van der Waals surface area contributed by atoms with Crippen LogP contribution in [0, 0.1) is 0 Å². The molecule has 1 nitrogen and oxygen atoms in total. The standard InChI is InChI=1S/C46H96OSi/c1-5-8-11-14-17-20-23-26-29-32-35-38-41-44-48(47-4,45-42-39-36-33-30-27-24-21-18-15-12-9-6-2)46-43-40-37-34-31-28-25-22-19-16-13-10-7-3/h5-46H2,1-4H3. The van der Waals surface area contributed by atoms with E-state index in [4.69, 9.17) is 4.43 Å². The lowest BCUT2D eigenvalue weighted by Crippen LogP contribution is -2.36. The van der Waals surface area contributed by atoms with Gasteiger partial charge in [-0.2, -0.15) is 0 Å². The van der Waals surface area contributed by atoms with Crippen LogP contribution in [0.15, 0.2) is 0 Å². The first-order chi connectivity index (χ1) is 23.7. The van der Waals surface area contributed by atoms with Crippen LogP contribution in [-0.4, -0.2) is 15.4 Å². The van der Waals surface area contributed by atoms with Gasteiger partial charge in [-0.1, -0.05) is 271 Å². The molecule has 290 valence electrons. The molecule has 0 radical (unpaired) electrons. The third-order valence-electron chi connectivity index (χ3n) is 11.6. The summed E-state index contributed by atoms with van der Waals surface area (Å²) in [7, 11) is 0.540. The minimum atomic E-state index is -1.57. The Morgan fingerprint density at radius 2 is 0.375 bits per heavy atom. The molecule has 0 aliphatic rings. The van der Waals surface area contributed by atoms with E-state index >= 15 is 0 Å². The maximum atomic E-state index is 6.60. The number of rotatable bonds is 43. The highest BCUT2D eigenvalue weighted by Gasteiger charge is 2.32. The molecule has 0 amide bonds. The average Bonchev–Trinajstić information content (AvgIpc) is 3.10. The number of hydrogen-bond donors (Lipinski definition) is 0. The Morgan fingerprint density at radius 1 is 0.229 bits per heavy atom. The van der Waals surface area contributed by atoms with Gasteiger partial charge in [0.15, 0.2) is 8.32 Å². The van der Waals surface area contributed by atoms with E-state index in [9.17, 15) is 0 Å². The Bertz CT molecular complexity index is 488. The molecule has 0 aliphatic carbocycles. The molecule has 0 atom stereocenters. The van der Waals surface area contributed by atoms with E-state index in [0.717, 1.165) is 0 Å². The van der Waals surface area contributed by atoms with Gasteiger partial charge in [-0.3, -0.25) is 0 Å². The van der Waals surface area contributed by atoms with Gasteiger partial charge in [-0.15, -0.1) is 0 Å². The van der Waals surface area contributed by atoms with Gasteiger partial charge in [0.1, 0.15) is 0 Å². The molecular formula is C46H96OSi. The molecule has 0 N–H and O–H groups in total. The van der Waals surface area contributed by atoms with Crippen molar-refractivity contribution in [2.75, 3.05) is 7.11 Å². The zero-order valence-corrected chi connectivity index (χ0v) is 35.6. The van der Waals surface area contributed by atoms with E-state index in [2.05, 4.69) is 27.9 Å². The van der Waals surface area contributed by atoms with Gasteiger partial charge in [0.2, 0.25) is 0 Å². The van der Waals surface area contributed by atoms with Crippen molar-refractivity contribution in [2.45, 2.75) is 289 Å². The third kappa shape index (κ3) is 36.0. The molecule has 0 saturated heterocycles. The quantitative estimate of drug-likeness (QED) is 0.0456. The van der Waals surface area contributed by atoms with Crippen LogP contribution in [0.3, 0.4) is 0 Å². The summed E-state index contributed by atoms with van der Waals surface area (Å²) in [5.74, 6) is 0. The van der Waals surface area contributed by atoms with E-state index in [1.807, 2.05) is 0 Å². The van der Waals surface area contributed by atoms with Crippen molar-refractivity contribution < 1.29 is 4.43 Å². The van der Waals surface area contributed by atoms with Gasteiger partial charge in [-0.05, 0) is 18.1 Å². The summed E-state index contributed by atoms with van der Waals surface area (Å²) in [4.78, 5) is 0. The molecule has 0 rings (SSSR count). The molecule has 0 bridgehead atoms. The van der Waals surface area contributed by atoms with Crippen LogP contribution >= 0.6 is 0 Å². The summed E-state index contributed by atoms with van der Waals surface area (Å²) in [6.45, 7) is 6.95. The topological polar surface area (TPSA) is 9.23 Å². The number of hydrogen-bond acceptors (Lipinski definition) is 1. The van der Waals surface area contributed by atoms with Crippen LogP contribution in [0.1, 0.15) is 271 Å². The van der Waals surface area contributed by atoms with E-state index in [-0.39, 0.29) is 0 Å². The Morgan fingerprint density at radius 3 is 0.521 bits per heavy atom. The maximum Gasteiger partial charge on any atom is 0.192 e. The Balaban J connectivity index is 4.21. The molecular weight excluding hydrogens is 597 g/mol. The third-order valence-corrected chi connectivity index (χ3v) is 16.3. The minimum Gasteiger partial charge on any atom is -0.420 e. The molecule has 0 unspecified atom stereocenters. The van der Waals surface area contributed by atoms with Crippen molar-refractivity contribution in [1.29, 1.82) is 0 Å². The summed E-state index contributed by atoms with van der Waals surface area (Å²) < 4.78 is 6.60. The van der Waals surface area contributed by atoms with Crippen molar-refractivity contribution >= 4 is 8.32 Å². The summed E-state index contributed by atoms with van der Waals surface area (Å²) in [5.41, 5.74) is 0. The molecule has 0 aromatic carbocycles. The Hall–Kier alpha value is 0.177. The Kier molecular flexibility index (Phi) is 41.7. The zero-order chi connectivity index (χ0) is 34.9. The van der Waals surface area contributed by atoms with Gasteiger partial charge in [0.25, 0.3) is 0 Å². The van der Waals surface area contributed by atoms with Crippen LogP contribution in [0.2, 0.25) is 18.1 Å². The van der Waals surface area contributed by atoms with E-state index in [0.29, 0.717) is 0 Å². The smallest absolute Gasteiger partial charge is 0.192 e. The summed E-state index contributed by atoms with van der Waals surface area (Å²) in [6, 6.07) is 4.33. The molecule has 0 fully saturated rings. The Labute approximate surface area is 308 Å². The second kappa shape index (κ2) is 41.6. The fourth-order valence-electron chi connectivity index (χ4n) is 8.08. The molecule has 0 aromatic rings. The maximum absolute atomic E-state index is 6.60. The predicted octanol–water partition coefficient (Wildman–Crippen LogP) is 17.9. The van der Waals surface area contributed by atoms with Crippen LogP contribution in [0.4, 0.5) is 0 Å². The second-order valence-corrected chi connectivity index (χ2v) is 20.6. The van der Waals surface area contributed by atoms with Gasteiger partial charge in [0, 0.05) is 7.11 Å². The van der Waals surface area contributed by atoms with Crippen molar-refractivity contribution in [2.24, 2.45) is 0 Å². The summed E-state index contributed by atoms with van der Waals surface area (Å²) in [6.07, 6.45) is 56.8. The van der Waals surface area contributed by atoms with Crippen molar-refractivity contribution in [1.82, 2.24) is 0 Å². The highest BCUT2D eigenvalue weighted by molar-refractivity contribution is 6.73. The van der Waals surface area contributed by atoms with Crippen LogP contribution in [0.5, 0.6) is 0 Å². The van der Waals surface area contributed by atoms with E-state index in [1.165, 1.54) is 269 Å². The van der Waals surface area contributed by atoms with Gasteiger partial charge in [0.05, 0.1) is 0 Å². The summed E-state index contributed by atoms with van der Waals surface area (Å²) >= 11 is 0. The lowest BCUT2D eigenvalue weighted by atomic mass is 10.0. The van der Waals surface area contributed by atoms with Crippen LogP contribution < -0.4 is 0 Å². The first-order valence-corrected chi connectivity index (χ1v) is 25.8. The number of unbranched alkanes of at least 4 members (excludes halogenated alkanes) is 36. The first kappa shape index (κ1) is 48.2. The van der Waals surface area contributed by atoms with Gasteiger partial charge in [-0.25, -0.2) is 0 Å². The summed E-state index contributed by atoms with van der Waals surface area (Å²) in [5, 5.41) is 0. The zero-order valence-electron chi connectivity index (χ0n) is 34.6. The van der Waals surface area contributed by atoms with Gasteiger partial charge < -0.3 is 4.43 Å². The molecule has 2 heteroatoms. The first-order valence-electron chi connectivity index (χ1n) is 23.3. The van der Waals surface area contributed by atoms with Crippen LogP contribution in [0.25, 0.3) is 0 Å². The van der Waals surface area contributed by atoms with Crippen LogP contribution in [-0.2, 0) is 4.43 Å². The predicted molar refractivity (Wildman–Crippen MR) is 224 cm³/mol. The molecule has 0 heterocycles. The van der Waals surface area contributed by atoms with Gasteiger partial charge >= 0.3 is 0 Å². The second-order valence-electron chi connectivity index (χ2n) is 16.4. The molecule has 48 heavy (non-hydrogen) atoms. The SMILES string of the molecule is CCCCCCCCCCCCCCC[Si](CCCCCCCCCCCCCCC)(CCCCCCCCCCCCCCC)OC. The average molecular weight is 693 g/mol. The van der Waals surface area contributed by atoms with Crippen molar-refractivity contribution in [3.63, 3.8) is 0 Å². The monoisotopic (exact) mass is 693 g/mol. The normalized spacial score (nSPS) is 12.0. The molecule has 0 spiro atoms. The van der Waals surface area contributed by atoms with E-state index in [1.54, 1.807) is 0 Å². The minimum absolute atomic E-state index is 1.37. The molecule has 0 aliphatic heterocycles. The van der Waals surface area contributed by atoms with Crippen molar-refractivity contribution in [3.05, 3.63) is 0 Å². The molecule has 0 saturated carbocycles. The largest absolute Gasteiger partial charge is 0.420 e. The highest BCUT2D eigenvalue weighted by Crippen LogP contribution is 2.31. The fraction of sp³-hybridized carbons (Fsp3) is 1.00. The molecule has 0 aromatic heterocycles. The highest BCUT2D eigenvalue weighted by atomic mass is 28.4. The lowest BCUT2D eigenvalue weighted by molar-refractivity contribution is 0.380.